The lowest BCUT2D eigenvalue weighted by molar-refractivity contribution is 0.0691. The predicted molar refractivity (Wildman–Crippen MR) is 68.5 cm³/mol. The van der Waals surface area contributed by atoms with Gasteiger partial charge in [0.1, 0.15) is 0 Å². The molecule has 0 bridgehead atoms. The van der Waals surface area contributed by atoms with Crippen molar-refractivity contribution in [3.05, 3.63) is 40.7 Å². The normalized spacial score (nSPS) is 10.4. The first kappa shape index (κ1) is 12.9. The monoisotopic (exact) mass is 280 g/mol. The van der Waals surface area contributed by atoms with Crippen LogP contribution >= 0.6 is 11.6 Å². The van der Waals surface area contributed by atoms with Crippen LogP contribution in [0.3, 0.4) is 0 Å². The zero-order valence-corrected chi connectivity index (χ0v) is 10.3. The second kappa shape index (κ2) is 4.62. The standard InChI is InChI=1S/C11H9ClN4O3/c12-5-1-2-6(10(14)17)8(3-5)16-4-7(13)9(15-16)11(18)19/h1-4H,13H2,(H2,14,17)(H,18,19). The number of carbonyl (C=O) groups excluding carboxylic acids is 1. The molecule has 0 aliphatic rings. The maximum absolute atomic E-state index is 11.3. The van der Waals surface area contributed by atoms with Gasteiger partial charge in [0.05, 0.1) is 23.1 Å². The Bertz CT molecular complexity index is 681. The van der Waals surface area contributed by atoms with Gasteiger partial charge in [-0.3, -0.25) is 4.79 Å². The number of anilines is 1. The Hall–Kier alpha value is -2.54. The highest BCUT2D eigenvalue weighted by Crippen LogP contribution is 2.21. The van der Waals surface area contributed by atoms with Crippen LogP contribution < -0.4 is 11.5 Å². The molecule has 2 rings (SSSR count). The first-order chi connectivity index (χ1) is 8.90. The highest BCUT2D eigenvalue weighted by molar-refractivity contribution is 6.31. The number of carbonyl (C=O) groups is 2. The van der Waals surface area contributed by atoms with Crippen LogP contribution in [-0.4, -0.2) is 26.8 Å². The van der Waals surface area contributed by atoms with Crippen LogP contribution in [-0.2, 0) is 0 Å². The molecule has 0 fully saturated rings. The molecule has 5 N–H and O–H groups in total. The van der Waals surface area contributed by atoms with Gasteiger partial charge in [0.15, 0.2) is 5.69 Å². The number of aromatic carboxylic acids is 1. The van der Waals surface area contributed by atoms with E-state index < -0.39 is 11.9 Å². The summed E-state index contributed by atoms with van der Waals surface area (Å²) < 4.78 is 1.16. The molecule has 0 radical (unpaired) electrons. The number of carboxylic acids is 1. The molecular weight excluding hydrogens is 272 g/mol. The van der Waals surface area contributed by atoms with Crippen molar-refractivity contribution < 1.29 is 14.7 Å². The molecule has 0 aliphatic heterocycles. The minimum absolute atomic E-state index is 0.0251. The predicted octanol–water partition coefficient (Wildman–Crippen LogP) is 0.905. The van der Waals surface area contributed by atoms with Gasteiger partial charge in [0, 0.05) is 5.02 Å². The van der Waals surface area contributed by atoms with E-state index in [-0.39, 0.29) is 22.6 Å². The smallest absolute Gasteiger partial charge is 0.358 e. The summed E-state index contributed by atoms with van der Waals surface area (Å²) in [5.74, 6) is -1.95. The Kier molecular flexibility index (Phi) is 3.14. The lowest BCUT2D eigenvalue weighted by Gasteiger charge is -2.06. The van der Waals surface area contributed by atoms with Crippen molar-refractivity contribution in [2.24, 2.45) is 5.73 Å². The van der Waals surface area contributed by atoms with Crippen molar-refractivity contribution in [3.63, 3.8) is 0 Å². The van der Waals surface area contributed by atoms with E-state index in [4.69, 9.17) is 28.2 Å². The molecule has 0 saturated heterocycles. The van der Waals surface area contributed by atoms with Gasteiger partial charge in [0.25, 0.3) is 5.91 Å². The van der Waals surface area contributed by atoms with Crippen LogP contribution in [0.5, 0.6) is 0 Å². The molecule has 98 valence electrons. The molecule has 7 nitrogen and oxygen atoms in total. The third kappa shape index (κ3) is 2.36. The number of nitrogen functional groups attached to an aromatic ring is 1. The molecule has 0 spiro atoms. The fourth-order valence-corrected chi connectivity index (χ4v) is 1.75. The van der Waals surface area contributed by atoms with Crippen LogP contribution in [0, 0.1) is 0 Å². The lowest BCUT2D eigenvalue weighted by atomic mass is 10.1. The van der Waals surface area contributed by atoms with Crippen LogP contribution in [0.25, 0.3) is 5.69 Å². The molecule has 0 aliphatic carbocycles. The van der Waals surface area contributed by atoms with Crippen LogP contribution in [0.4, 0.5) is 5.69 Å². The Balaban J connectivity index is 2.64. The molecule has 1 aromatic heterocycles. The van der Waals surface area contributed by atoms with Crippen molar-refractivity contribution in [2.75, 3.05) is 5.73 Å². The van der Waals surface area contributed by atoms with Gasteiger partial charge in [-0.1, -0.05) is 11.6 Å². The van der Waals surface area contributed by atoms with Gasteiger partial charge >= 0.3 is 5.97 Å². The van der Waals surface area contributed by atoms with Crippen LogP contribution in [0.15, 0.2) is 24.4 Å². The van der Waals surface area contributed by atoms with E-state index in [0.717, 1.165) is 4.68 Å². The average Bonchev–Trinajstić information content (AvgIpc) is 2.70. The molecule has 1 aromatic carbocycles. The number of primary amides is 1. The number of hydrogen-bond acceptors (Lipinski definition) is 4. The zero-order valence-electron chi connectivity index (χ0n) is 9.50. The number of amides is 1. The maximum Gasteiger partial charge on any atom is 0.358 e. The number of nitrogens with zero attached hydrogens (tertiary/aromatic N) is 2. The Morgan fingerprint density at radius 2 is 2.05 bits per heavy atom. The van der Waals surface area contributed by atoms with Crippen LogP contribution in [0.1, 0.15) is 20.8 Å². The maximum atomic E-state index is 11.3. The SMILES string of the molecule is NC(=O)c1ccc(Cl)cc1-n1cc(N)c(C(=O)O)n1. The molecular formula is C11H9ClN4O3. The fraction of sp³-hybridized carbons (Fsp3) is 0. The summed E-state index contributed by atoms with van der Waals surface area (Å²) in [4.78, 5) is 22.2. The molecule has 0 unspecified atom stereocenters. The van der Waals surface area contributed by atoms with E-state index in [9.17, 15) is 9.59 Å². The number of hydrogen-bond donors (Lipinski definition) is 3. The molecule has 0 atom stereocenters. The second-order valence-electron chi connectivity index (χ2n) is 3.71. The molecule has 0 saturated carbocycles. The Morgan fingerprint density at radius 3 is 2.58 bits per heavy atom. The van der Waals surface area contributed by atoms with Crippen molar-refractivity contribution >= 4 is 29.2 Å². The minimum atomic E-state index is -1.26. The highest BCUT2D eigenvalue weighted by atomic mass is 35.5. The number of rotatable bonds is 3. The number of halogens is 1. The van der Waals surface area contributed by atoms with E-state index in [1.165, 1.54) is 24.4 Å². The first-order valence-electron chi connectivity index (χ1n) is 5.08. The molecule has 1 amide bonds. The summed E-state index contributed by atoms with van der Waals surface area (Å²) >= 11 is 5.84. The van der Waals surface area contributed by atoms with E-state index >= 15 is 0 Å². The molecule has 1 heterocycles. The van der Waals surface area contributed by atoms with Crippen molar-refractivity contribution in [3.8, 4) is 5.69 Å². The van der Waals surface area contributed by atoms with Crippen molar-refractivity contribution in [2.45, 2.75) is 0 Å². The quantitative estimate of drug-likeness (QED) is 0.770. The van der Waals surface area contributed by atoms with Crippen LogP contribution in [0.2, 0.25) is 5.02 Å². The number of carboxylic acid groups (broad SMARTS) is 1. The van der Waals surface area contributed by atoms with Gasteiger partial charge < -0.3 is 16.6 Å². The lowest BCUT2D eigenvalue weighted by Crippen LogP contribution is -2.15. The van der Waals surface area contributed by atoms with E-state index in [1.807, 2.05) is 0 Å². The first-order valence-corrected chi connectivity index (χ1v) is 5.46. The van der Waals surface area contributed by atoms with E-state index in [0.29, 0.717) is 5.02 Å². The zero-order chi connectivity index (χ0) is 14.2. The van der Waals surface area contributed by atoms with Gasteiger partial charge in [-0.15, -0.1) is 0 Å². The number of nitrogens with two attached hydrogens (primary N) is 2. The Labute approximate surface area is 112 Å². The third-order valence-corrected chi connectivity index (χ3v) is 2.65. The number of aromatic nitrogens is 2. The van der Waals surface area contributed by atoms with Crippen molar-refractivity contribution in [1.82, 2.24) is 9.78 Å². The van der Waals surface area contributed by atoms with Gasteiger partial charge in [-0.25, -0.2) is 9.48 Å². The van der Waals surface area contributed by atoms with E-state index in [1.54, 1.807) is 0 Å². The fourth-order valence-electron chi connectivity index (χ4n) is 1.58. The van der Waals surface area contributed by atoms with E-state index in [2.05, 4.69) is 5.10 Å². The largest absolute Gasteiger partial charge is 0.476 e. The van der Waals surface area contributed by atoms with Gasteiger partial charge in [-0.2, -0.15) is 5.10 Å². The third-order valence-electron chi connectivity index (χ3n) is 2.42. The van der Waals surface area contributed by atoms with Gasteiger partial charge in [-0.05, 0) is 18.2 Å². The Morgan fingerprint density at radius 1 is 1.37 bits per heavy atom. The van der Waals surface area contributed by atoms with Crippen molar-refractivity contribution in [1.29, 1.82) is 0 Å². The summed E-state index contributed by atoms with van der Waals surface area (Å²) in [6.45, 7) is 0. The minimum Gasteiger partial charge on any atom is -0.476 e. The molecule has 2 aromatic rings. The molecule has 8 heteroatoms. The summed E-state index contributed by atoms with van der Waals surface area (Å²) in [7, 11) is 0. The van der Waals surface area contributed by atoms with Gasteiger partial charge in [0.2, 0.25) is 0 Å². The average molecular weight is 281 g/mol. The molecule has 19 heavy (non-hydrogen) atoms. The highest BCUT2D eigenvalue weighted by Gasteiger charge is 2.17. The number of benzene rings is 1. The summed E-state index contributed by atoms with van der Waals surface area (Å²) in [6.07, 6.45) is 1.28. The summed E-state index contributed by atoms with van der Waals surface area (Å²) in [5.41, 5.74) is 10.9. The summed E-state index contributed by atoms with van der Waals surface area (Å²) in [5, 5.41) is 13.0. The topological polar surface area (TPSA) is 124 Å². The summed E-state index contributed by atoms with van der Waals surface area (Å²) in [6, 6.07) is 4.37. The second-order valence-corrected chi connectivity index (χ2v) is 4.14.